The molecule has 29 heavy (non-hydrogen) atoms. The van der Waals surface area contributed by atoms with E-state index in [1.165, 1.54) is 30.4 Å². The van der Waals surface area contributed by atoms with Gasteiger partial charge in [-0.25, -0.2) is 0 Å². The second-order valence-electron chi connectivity index (χ2n) is 10.7. The highest BCUT2D eigenvalue weighted by Crippen LogP contribution is 2.60. The van der Waals surface area contributed by atoms with Gasteiger partial charge in [-0.15, -0.1) is 0 Å². The van der Waals surface area contributed by atoms with Gasteiger partial charge in [0.2, 0.25) is 11.8 Å². The van der Waals surface area contributed by atoms with Crippen LogP contribution < -0.4 is 10.6 Å². The van der Waals surface area contributed by atoms with Gasteiger partial charge in [0.1, 0.15) is 0 Å². The van der Waals surface area contributed by atoms with E-state index in [1.54, 1.807) is 0 Å². The summed E-state index contributed by atoms with van der Waals surface area (Å²) in [5.41, 5.74) is 2.21. The Morgan fingerprint density at radius 1 is 1.03 bits per heavy atom. The molecule has 2 amide bonds. The molecule has 0 aliphatic heterocycles. The number of rotatable bonds is 7. The third kappa shape index (κ3) is 4.36. The van der Waals surface area contributed by atoms with E-state index in [2.05, 4.69) is 55.7 Å². The van der Waals surface area contributed by atoms with Gasteiger partial charge in [-0.2, -0.15) is 0 Å². The van der Waals surface area contributed by atoms with Crippen molar-refractivity contribution in [3.8, 4) is 0 Å². The lowest BCUT2D eigenvalue weighted by Crippen LogP contribution is -2.53. The minimum atomic E-state index is -0.127. The van der Waals surface area contributed by atoms with Gasteiger partial charge in [-0.05, 0) is 68.8 Å². The van der Waals surface area contributed by atoms with Crippen LogP contribution in [0.25, 0.3) is 0 Å². The monoisotopic (exact) mass is 396 g/mol. The molecule has 5 rings (SSSR count). The molecule has 1 aromatic rings. The highest BCUT2D eigenvalue weighted by molar-refractivity contribution is 5.84. The van der Waals surface area contributed by atoms with E-state index in [9.17, 15) is 9.59 Å². The zero-order valence-electron chi connectivity index (χ0n) is 18.2. The Bertz CT molecular complexity index is 747. The van der Waals surface area contributed by atoms with E-state index >= 15 is 0 Å². The molecule has 4 bridgehead atoms. The van der Waals surface area contributed by atoms with E-state index in [0.29, 0.717) is 19.5 Å². The average Bonchev–Trinajstić information content (AvgIpc) is 2.65. The molecule has 4 fully saturated rings. The van der Waals surface area contributed by atoms with Gasteiger partial charge in [-0.3, -0.25) is 9.59 Å². The van der Waals surface area contributed by atoms with Crippen LogP contribution in [0.2, 0.25) is 0 Å². The SMILES string of the molecule is Cc1cccc(C(C)(C)CNC(=O)CCNC(=O)C23CC4CC(CC(C4)C2)C3)c1. The van der Waals surface area contributed by atoms with Crippen LogP contribution in [-0.4, -0.2) is 24.9 Å². The van der Waals surface area contributed by atoms with Crippen molar-refractivity contribution in [2.24, 2.45) is 23.2 Å². The molecular weight excluding hydrogens is 360 g/mol. The zero-order chi connectivity index (χ0) is 20.6. The lowest BCUT2D eigenvalue weighted by Gasteiger charge is -2.55. The molecule has 1 aromatic carbocycles. The number of aryl methyl sites for hydroxylation is 1. The Morgan fingerprint density at radius 3 is 2.24 bits per heavy atom. The highest BCUT2D eigenvalue weighted by atomic mass is 16.2. The Balaban J connectivity index is 1.23. The van der Waals surface area contributed by atoms with Crippen LogP contribution >= 0.6 is 0 Å². The van der Waals surface area contributed by atoms with Crippen molar-refractivity contribution in [2.75, 3.05) is 13.1 Å². The lowest BCUT2D eigenvalue weighted by atomic mass is 9.49. The van der Waals surface area contributed by atoms with Crippen LogP contribution in [0, 0.1) is 30.1 Å². The van der Waals surface area contributed by atoms with Crippen molar-refractivity contribution in [3.05, 3.63) is 35.4 Å². The fraction of sp³-hybridized carbons (Fsp3) is 0.680. The first-order chi connectivity index (χ1) is 13.8. The number of carbonyl (C=O) groups is 2. The second-order valence-corrected chi connectivity index (χ2v) is 10.7. The molecule has 0 unspecified atom stereocenters. The Labute approximate surface area is 175 Å². The van der Waals surface area contributed by atoms with E-state index in [4.69, 9.17) is 0 Å². The van der Waals surface area contributed by atoms with E-state index in [-0.39, 0.29) is 22.6 Å². The van der Waals surface area contributed by atoms with Gasteiger partial charge in [0.25, 0.3) is 0 Å². The number of nitrogens with one attached hydrogen (secondary N) is 2. The van der Waals surface area contributed by atoms with E-state index in [0.717, 1.165) is 37.0 Å². The third-order valence-electron chi connectivity index (χ3n) is 7.68. The average molecular weight is 397 g/mol. The smallest absolute Gasteiger partial charge is 0.226 e. The van der Waals surface area contributed by atoms with Crippen LogP contribution in [-0.2, 0) is 15.0 Å². The molecule has 0 atom stereocenters. The van der Waals surface area contributed by atoms with Crippen molar-refractivity contribution in [3.63, 3.8) is 0 Å². The molecule has 158 valence electrons. The molecule has 4 nitrogen and oxygen atoms in total. The topological polar surface area (TPSA) is 58.2 Å². The normalized spacial score (nSPS) is 30.2. The maximum atomic E-state index is 13.0. The maximum absolute atomic E-state index is 13.0. The minimum Gasteiger partial charge on any atom is -0.355 e. The molecular formula is C25H36N2O2. The summed E-state index contributed by atoms with van der Waals surface area (Å²) in [4.78, 5) is 25.3. The first kappa shape index (κ1) is 20.4. The molecule has 0 heterocycles. The van der Waals surface area contributed by atoms with Crippen molar-refractivity contribution >= 4 is 11.8 Å². The Morgan fingerprint density at radius 2 is 1.66 bits per heavy atom. The lowest BCUT2D eigenvalue weighted by molar-refractivity contribution is -0.146. The number of hydrogen-bond donors (Lipinski definition) is 2. The van der Waals surface area contributed by atoms with E-state index < -0.39 is 0 Å². The number of carbonyl (C=O) groups excluding carboxylic acids is 2. The van der Waals surface area contributed by atoms with Gasteiger partial charge < -0.3 is 10.6 Å². The van der Waals surface area contributed by atoms with Crippen LogP contribution in [0.4, 0.5) is 0 Å². The van der Waals surface area contributed by atoms with Gasteiger partial charge >= 0.3 is 0 Å². The molecule has 0 spiro atoms. The predicted molar refractivity (Wildman–Crippen MR) is 115 cm³/mol. The van der Waals surface area contributed by atoms with Crippen molar-refractivity contribution in [1.82, 2.24) is 10.6 Å². The highest BCUT2D eigenvalue weighted by Gasteiger charge is 2.54. The van der Waals surface area contributed by atoms with Crippen LogP contribution in [0.3, 0.4) is 0 Å². The summed E-state index contributed by atoms with van der Waals surface area (Å²) in [6, 6.07) is 8.45. The van der Waals surface area contributed by atoms with Crippen molar-refractivity contribution < 1.29 is 9.59 Å². The van der Waals surface area contributed by atoms with Crippen LogP contribution in [0.5, 0.6) is 0 Å². The van der Waals surface area contributed by atoms with Crippen molar-refractivity contribution in [1.29, 1.82) is 0 Å². The standard InChI is InChI=1S/C25H36N2O2/c1-17-5-4-6-21(9-17)24(2,3)16-27-22(28)7-8-26-23(29)25-13-18-10-19(14-25)12-20(11-18)15-25/h4-6,9,18-20H,7-8,10-16H2,1-3H3,(H,26,29)(H,27,28). The molecule has 0 saturated heterocycles. The zero-order valence-corrected chi connectivity index (χ0v) is 18.2. The summed E-state index contributed by atoms with van der Waals surface area (Å²) in [6.45, 7) is 7.42. The second kappa shape index (κ2) is 7.77. The molecule has 4 aliphatic carbocycles. The third-order valence-corrected chi connectivity index (χ3v) is 7.68. The quantitative estimate of drug-likeness (QED) is 0.729. The number of benzene rings is 1. The van der Waals surface area contributed by atoms with Gasteiger partial charge in [-0.1, -0.05) is 43.7 Å². The summed E-state index contributed by atoms with van der Waals surface area (Å²) in [6.07, 6.45) is 7.58. The summed E-state index contributed by atoms with van der Waals surface area (Å²) < 4.78 is 0. The molecule has 0 radical (unpaired) electrons. The summed E-state index contributed by atoms with van der Waals surface area (Å²) in [7, 11) is 0. The molecule has 4 heteroatoms. The molecule has 2 N–H and O–H groups in total. The van der Waals surface area contributed by atoms with Crippen LogP contribution in [0.1, 0.15) is 69.9 Å². The van der Waals surface area contributed by atoms with Crippen molar-refractivity contribution in [2.45, 2.75) is 71.1 Å². The van der Waals surface area contributed by atoms with Gasteiger partial charge in [0.15, 0.2) is 0 Å². The van der Waals surface area contributed by atoms with E-state index in [1.807, 2.05) is 0 Å². The summed E-state index contributed by atoms with van der Waals surface area (Å²) >= 11 is 0. The maximum Gasteiger partial charge on any atom is 0.226 e. The van der Waals surface area contributed by atoms with Gasteiger partial charge in [0.05, 0.1) is 0 Å². The fourth-order valence-electron chi connectivity index (χ4n) is 6.44. The summed E-state index contributed by atoms with van der Waals surface area (Å²) in [5, 5.41) is 6.17. The Kier molecular flexibility index (Phi) is 5.48. The first-order valence-corrected chi connectivity index (χ1v) is 11.4. The Hall–Kier alpha value is -1.84. The number of amides is 2. The fourth-order valence-corrected chi connectivity index (χ4v) is 6.44. The predicted octanol–water partition coefficient (Wildman–Crippen LogP) is 4.11. The molecule has 4 saturated carbocycles. The molecule has 0 aromatic heterocycles. The minimum absolute atomic E-state index is 0.0107. The largest absolute Gasteiger partial charge is 0.355 e. The number of hydrogen-bond acceptors (Lipinski definition) is 2. The first-order valence-electron chi connectivity index (χ1n) is 11.4. The van der Waals surface area contributed by atoms with Crippen LogP contribution in [0.15, 0.2) is 24.3 Å². The molecule has 4 aliphatic rings. The summed E-state index contributed by atoms with van der Waals surface area (Å²) in [5.74, 6) is 2.51. The van der Waals surface area contributed by atoms with Gasteiger partial charge in [0, 0.05) is 30.3 Å².